The van der Waals surface area contributed by atoms with Crippen molar-refractivity contribution >= 4 is 23.1 Å². The Labute approximate surface area is 156 Å². The van der Waals surface area contributed by atoms with Gasteiger partial charge >= 0.3 is 0 Å². The number of rotatable bonds is 4. The molecule has 27 heavy (non-hydrogen) atoms. The standard InChI is InChI=1S/C19H19N7O/c20-10-13-4-1-2-6-16(13)24-18(27)17-8-7-15-12-22-19(25-26(15)17)23-14-5-3-9-21-11-14/h1-2,4,6-8,12,14,21H,3,5,9,11H2,(H,23,25)(H,24,27)/t14-/m1/s1. The molecule has 0 spiro atoms. The molecule has 1 aliphatic heterocycles. The molecule has 0 unspecified atom stereocenters. The van der Waals surface area contributed by atoms with Crippen LogP contribution >= 0.6 is 0 Å². The number of amides is 1. The minimum atomic E-state index is -0.332. The number of fused-ring (bicyclic) bond motifs is 1. The Morgan fingerprint density at radius 2 is 2.19 bits per heavy atom. The zero-order valence-corrected chi connectivity index (χ0v) is 14.6. The minimum Gasteiger partial charge on any atom is -0.349 e. The van der Waals surface area contributed by atoms with Gasteiger partial charge in [0.2, 0.25) is 5.95 Å². The van der Waals surface area contributed by atoms with Crippen LogP contribution in [-0.4, -0.2) is 39.6 Å². The second kappa shape index (κ2) is 7.43. The monoisotopic (exact) mass is 361 g/mol. The SMILES string of the molecule is N#Cc1ccccc1NC(=O)c1ccc2cnc(N[C@@H]3CCCNC3)nn12. The number of anilines is 2. The van der Waals surface area contributed by atoms with Gasteiger partial charge in [-0.3, -0.25) is 4.79 Å². The fraction of sp³-hybridized carbons (Fsp3) is 0.263. The summed E-state index contributed by atoms with van der Waals surface area (Å²) in [6.45, 7) is 1.90. The second-order valence-electron chi connectivity index (χ2n) is 6.44. The van der Waals surface area contributed by atoms with E-state index < -0.39 is 0 Å². The van der Waals surface area contributed by atoms with Crippen LogP contribution in [-0.2, 0) is 0 Å². The maximum absolute atomic E-state index is 12.7. The van der Waals surface area contributed by atoms with Gasteiger partial charge in [0.05, 0.1) is 23.0 Å². The van der Waals surface area contributed by atoms with E-state index >= 15 is 0 Å². The van der Waals surface area contributed by atoms with Gasteiger partial charge in [0.1, 0.15) is 11.8 Å². The summed E-state index contributed by atoms with van der Waals surface area (Å²) >= 11 is 0. The number of carbonyl (C=O) groups is 1. The van der Waals surface area contributed by atoms with E-state index in [4.69, 9.17) is 0 Å². The van der Waals surface area contributed by atoms with Gasteiger partial charge in [0.25, 0.3) is 5.91 Å². The summed E-state index contributed by atoms with van der Waals surface area (Å²) in [7, 11) is 0. The average molecular weight is 361 g/mol. The first kappa shape index (κ1) is 17.0. The molecule has 0 saturated carbocycles. The van der Waals surface area contributed by atoms with Crippen molar-refractivity contribution in [1.29, 1.82) is 5.26 Å². The summed E-state index contributed by atoms with van der Waals surface area (Å²) in [6, 6.07) is 12.7. The van der Waals surface area contributed by atoms with Crippen LogP contribution in [0.4, 0.5) is 11.6 Å². The van der Waals surface area contributed by atoms with Crippen LogP contribution in [0.5, 0.6) is 0 Å². The van der Waals surface area contributed by atoms with Crippen molar-refractivity contribution in [1.82, 2.24) is 19.9 Å². The van der Waals surface area contributed by atoms with Crippen LogP contribution in [0.3, 0.4) is 0 Å². The van der Waals surface area contributed by atoms with Crippen molar-refractivity contribution < 1.29 is 4.79 Å². The third kappa shape index (κ3) is 3.59. The number of nitrogens with zero attached hydrogens (tertiary/aromatic N) is 4. The van der Waals surface area contributed by atoms with Crippen molar-refractivity contribution in [3.63, 3.8) is 0 Å². The number of carbonyl (C=O) groups excluding carboxylic acids is 1. The van der Waals surface area contributed by atoms with Crippen LogP contribution in [0, 0.1) is 11.3 Å². The van der Waals surface area contributed by atoms with Crippen LogP contribution in [0.25, 0.3) is 5.52 Å². The lowest BCUT2D eigenvalue weighted by Gasteiger charge is -2.23. The predicted molar refractivity (Wildman–Crippen MR) is 102 cm³/mol. The number of nitrogens with one attached hydrogen (secondary N) is 3. The molecule has 8 nitrogen and oxygen atoms in total. The summed E-state index contributed by atoms with van der Waals surface area (Å²) in [5, 5.41) is 23.1. The molecule has 1 fully saturated rings. The number of benzene rings is 1. The van der Waals surface area contributed by atoms with E-state index in [1.54, 1.807) is 47.1 Å². The van der Waals surface area contributed by atoms with E-state index in [1.807, 2.05) is 0 Å². The van der Waals surface area contributed by atoms with E-state index in [2.05, 4.69) is 32.1 Å². The summed E-state index contributed by atoms with van der Waals surface area (Å²) in [5.41, 5.74) is 1.99. The molecular weight excluding hydrogens is 342 g/mol. The van der Waals surface area contributed by atoms with Gasteiger partial charge in [-0.2, -0.15) is 5.26 Å². The Morgan fingerprint density at radius 1 is 1.30 bits per heavy atom. The number of hydrogen-bond donors (Lipinski definition) is 3. The smallest absolute Gasteiger partial charge is 0.274 e. The Hall–Kier alpha value is -3.44. The Kier molecular flexibility index (Phi) is 4.68. The van der Waals surface area contributed by atoms with Crippen molar-refractivity contribution in [2.75, 3.05) is 23.7 Å². The first-order valence-electron chi connectivity index (χ1n) is 8.87. The molecule has 0 radical (unpaired) electrons. The largest absolute Gasteiger partial charge is 0.349 e. The van der Waals surface area contributed by atoms with Crippen molar-refractivity contribution in [3.05, 3.63) is 53.9 Å². The van der Waals surface area contributed by atoms with Gasteiger partial charge in [-0.1, -0.05) is 12.1 Å². The van der Waals surface area contributed by atoms with Crippen LogP contribution < -0.4 is 16.0 Å². The van der Waals surface area contributed by atoms with Crippen molar-refractivity contribution in [3.8, 4) is 6.07 Å². The van der Waals surface area contributed by atoms with Crippen LogP contribution in [0.15, 0.2) is 42.6 Å². The Morgan fingerprint density at radius 3 is 3.00 bits per heavy atom. The molecule has 1 atom stereocenters. The molecule has 0 bridgehead atoms. The van der Waals surface area contributed by atoms with Gasteiger partial charge in [0.15, 0.2) is 0 Å². The third-order valence-electron chi connectivity index (χ3n) is 4.56. The molecule has 1 aliphatic rings. The third-order valence-corrected chi connectivity index (χ3v) is 4.56. The summed E-state index contributed by atoms with van der Waals surface area (Å²) < 4.78 is 1.57. The van der Waals surface area contributed by atoms with Gasteiger partial charge < -0.3 is 16.0 Å². The summed E-state index contributed by atoms with van der Waals surface area (Å²) in [6.07, 6.45) is 3.85. The summed E-state index contributed by atoms with van der Waals surface area (Å²) in [5.74, 6) is 0.153. The summed E-state index contributed by atoms with van der Waals surface area (Å²) in [4.78, 5) is 17.1. The zero-order valence-electron chi connectivity index (χ0n) is 14.6. The molecule has 1 saturated heterocycles. The molecule has 8 heteroatoms. The highest BCUT2D eigenvalue weighted by Gasteiger charge is 2.17. The van der Waals surface area contributed by atoms with E-state index in [1.165, 1.54) is 0 Å². The predicted octanol–water partition coefficient (Wildman–Crippen LogP) is 2.02. The van der Waals surface area contributed by atoms with Gasteiger partial charge in [-0.05, 0) is 43.7 Å². The highest BCUT2D eigenvalue weighted by atomic mass is 16.2. The van der Waals surface area contributed by atoms with Crippen molar-refractivity contribution in [2.45, 2.75) is 18.9 Å². The first-order chi connectivity index (χ1) is 13.2. The number of piperidine rings is 1. The number of aromatic nitrogens is 3. The topological polar surface area (TPSA) is 107 Å². The quantitative estimate of drug-likeness (QED) is 0.656. The maximum atomic E-state index is 12.7. The van der Waals surface area contributed by atoms with E-state index in [-0.39, 0.29) is 11.9 Å². The Bertz CT molecular complexity index is 1010. The van der Waals surface area contributed by atoms with Crippen LogP contribution in [0.2, 0.25) is 0 Å². The zero-order chi connectivity index (χ0) is 18.6. The number of nitriles is 1. The molecule has 3 aromatic rings. The second-order valence-corrected chi connectivity index (χ2v) is 6.44. The van der Waals surface area contributed by atoms with E-state index in [0.29, 0.717) is 22.9 Å². The average Bonchev–Trinajstić information content (AvgIpc) is 3.12. The lowest BCUT2D eigenvalue weighted by molar-refractivity contribution is 0.102. The molecular formula is C19H19N7O. The van der Waals surface area contributed by atoms with Crippen LogP contribution in [0.1, 0.15) is 28.9 Å². The molecule has 2 aromatic heterocycles. The molecule has 0 aliphatic carbocycles. The fourth-order valence-electron chi connectivity index (χ4n) is 3.17. The van der Waals surface area contributed by atoms with E-state index in [9.17, 15) is 10.1 Å². The number of para-hydroxylation sites is 1. The molecule has 3 N–H and O–H groups in total. The normalized spacial score (nSPS) is 16.6. The molecule has 1 amide bonds. The van der Waals surface area contributed by atoms with Gasteiger partial charge in [-0.25, -0.2) is 9.50 Å². The van der Waals surface area contributed by atoms with Crippen molar-refractivity contribution in [2.24, 2.45) is 0 Å². The van der Waals surface area contributed by atoms with Gasteiger partial charge in [-0.15, -0.1) is 5.10 Å². The lowest BCUT2D eigenvalue weighted by atomic mass is 10.1. The first-order valence-corrected chi connectivity index (χ1v) is 8.87. The lowest BCUT2D eigenvalue weighted by Crippen LogP contribution is -2.39. The molecule has 1 aromatic carbocycles. The van der Waals surface area contributed by atoms with Gasteiger partial charge in [0, 0.05) is 12.6 Å². The maximum Gasteiger partial charge on any atom is 0.274 e. The fourth-order valence-corrected chi connectivity index (χ4v) is 3.17. The van der Waals surface area contributed by atoms with E-state index in [0.717, 1.165) is 31.4 Å². The minimum absolute atomic E-state index is 0.270. The molecule has 136 valence electrons. The number of hydrogen-bond acceptors (Lipinski definition) is 6. The molecule has 4 rings (SSSR count). The highest BCUT2D eigenvalue weighted by molar-refractivity contribution is 6.04. The Balaban J connectivity index is 1.58. The highest BCUT2D eigenvalue weighted by Crippen LogP contribution is 2.17. The molecule has 3 heterocycles.